The Morgan fingerprint density at radius 2 is 2.05 bits per heavy atom. The minimum Gasteiger partial charge on any atom is -0.384 e. The van der Waals surface area contributed by atoms with E-state index in [1.807, 2.05) is 24.3 Å². The van der Waals surface area contributed by atoms with Crippen LogP contribution in [-0.2, 0) is 13.0 Å². The van der Waals surface area contributed by atoms with E-state index in [-0.39, 0.29) is 0 Å². The number of nitrogen functional groups attached to an aromatic ring is 1. The highest BCUT2D eigenvalue weighted by Crippen LogP contribution is 2.16. The van der Waals surface area contributed by atoms with Gasteiger partial charge in [0.15, 0.2) is 0 Å². The molecule has 0 radical (unpaired) electrons. The molecule has 2 aromatic rings. The smallest absolute Gasteiger partial charge is 0.134 e. The molecule has 0 aliphatic carbocycles. The molecule has 0 aromatic carbocycles. The molecule has 5 nitrogen and oxygen atoms in total. The van der Waals surface area contributed by atoms with Gasteiger partial charge in [0.2, 0.25) is 0 Å². The predicted molar refractivity (Wildman–Crippen MR) is 81.4 cm³/mol. The van der Waals surface area contributed by atoms with Gasteiger partial charge in [-0.05, 0) is 25.5 Å². The first-order chi connectivity index (χ1) is 9.72. The molecule has 0 fully saturated rings. The van der Waals surface area contributed by atoms with Crippen LogP contribution >= 0.6 is 0 Å². The van der Waals surface area contributed by atoms with Crippen LogP contribution in [0.15, 0.2) is 30.5 Å². The van der Waals surface area contributed by atoms with Gasteiger partial charge in [-0.25, -0.2) is 9.97 Å². The SMILES string of the molecule is CCCc1nc(N)cc(N(CC)Cc2ccccn2)n1. The van der Waals surface area contributed by atoms with Crippen LogP contribution in [0, 0.1) is 0 Å². The van der Waals surface area contributed by atoms with E-state index in [1.165, 1.54) is 0 Å². The summed E-state index contributed by atoms with van der Waals surface area (Å²) in [6.45, 7) is 5.77. The average molecular weight is 271 g/mol. The number of nitrogens with zero attached hydrogens (tertiary/aromatic N) is 4. The topological polar surface area (TPSA) is 67.9 Å². The molecule has 0 aliphatic rings. The van der Waals surface area contributed by atoms with Gasteiger partial charge in [-0.3, -0.25) is 4.98 Å². The summed E-state index contributed by atoms with van der Waals surface area (Å²) >= 11 is 0. The second-order valence-corrected chi connectivity index (χ2v) is 4.65. The number of hydrogen-bond acceptors (Lipinski definition) is 5. The highest BCUT2D eigenvalue weighted by Gasteiger charge is 2.10. The second kappa shape index (κ2) is 6.84. The summed E-state index contributed by atoms with van der Waals surface area (Å²) in [6.07, 6.45) is 3.66. The fourth-order valence-corrected chi connectivity index (χ4v) is 2.04. The van der Waals surface area contributed by atoms with E-state index in [2.05, 4.69) is 33.7 Å². The average Bonchev–Trinajstić information content (AvgIpc) is 2.45. The lowest BCUT2D eigenvalue weighted by molar-refractivity contribution is 0.770. The number of rotatable bonds is 6. The summed E-state index contributed by atoms with van der Waals surface area (Å²) in [6, 6.07) is 7.75. The Morgan fingerprint density at radius 3 is 2.70 bits per heavy atom. The molecule has 2 aromatic heterocycles. The van der Waals surface area contributed by atoms with E-state index in [0.29, 0.717) is 5.82 Å². The quantitative estimate of drug-likeness (QED) is 0.874. The first-order valence-corrected chi connectivity index (χ1v) is 7.01. The lowest BCUT2D eigenvalue weighted by Crippen LogP contribution is -2.24. The van der Waals surface area contributed by atoms with Crippen molar-refractivity contribution in [2.45, 2.75) is 33.2 Å². The van der Waals surface area contributed by atoms with Crippen molar-refractivity contribution in [2.75, 3.05) is 17.2 Å². The summed E-state index contributed by atoms with van der Waals surface area (Å²) in [5, 5.41) is 0. The third-order valence-corrected chi connectivity index (χ3v) is 3.04. The minimum atomic E-state index is 0.526. The molecule has 0 atom stereocenters. The number of aryl methyl sites for hydroxylation is 1. The highest BCUT2D eigenvalue weighted by molar-refractivity contribution is 5.47. The number of anilines is 2. The third kappa shape index (κ3) is 3.66. The fraction of sp³-hybridized carbons (Fsp3) is 0.400. The molecule has 0 aliphatic heterocycles. The Bertz CT molecular complexity index is 541. The number of nitrogens with two attached hydrogens (primary N) is 1. The van der Waals surface area contributed by atoms with Crippen molar-refractivity contribution >= 4 is 11.6 Å². The van der Waals surface area contributed by atoms with Gasteiger partial charge in [-0.2, -0.15) is 0 Å². The first-order valence-electron chi connectivity index (χ1n) is 7.01. The molecule has 0 saturated carbocycles. The van der Waals surface area contributed by atoms with E-state index < -0.39 is 0 Å². The monoisotopic (exact) mass is 271 g/mol. The first kappa shape index (κ1) is 14.2. The molecule has 20 heavy (non-hydrogen) atoms. The van der Waals surface area contributed by atoms with Gasteiger partial charge < -0.3 is 10.6 Å². The van der Waals surface area contributed by atoms with E-state index in [0.717, 1.165) is 43.3 Å². The zero-order valence-electron chi connectivity index (χ0n) is 12.1. The van der Waals surface area contributed by atoms with E-state index >= 15 is 0 Å². The van der Waals surface area contributed by atoms with Crippen molar-refractivity contribution in [3.63, 3.8) is 0 Å². The van der Waals surface area contributed by atoms with Crippen LogP contribution in [0.25, 0.3) is 0 Å². The lowest BCUT2D eigenvalue weighted by atomic mass is 10.3. The molecule has 0 bridgehead atoms. The van der Waals surface area contributed by atoms with Crippen LogP contribution < -0.4 is 10.6 Å². The summed E-state index contributed by atoms with van der Waals surface area (Å²) in [5.74, 6) is 2.20. The van der Waals surface area contributed by atoms with Crippen LogP contribution in [0.2, 0.25) is 0 Å². The Labute approximate surface area is 119 Å². The molecule has 0 saturated heterocycles. The Morgan fingerprint density at radius 1 is 1.20 bits per heavy atom. The van der Waals surface area contributed by atoms with Crippen LogP contribution in [0.3, 0.4) is 0 Å². The molecule has 106 valence electrons. The molecule has 2 heterocycles. The Hall–Kier alpha value is -2.17. The van der Waals surface area contributed by atoms with Gasteiger partial charge in [-0.1, -0.05) is 13.0 Å². The van der Waals surface area contributed by atoms with Gasteiger partial charge in [0, 0.05) is 25.2 Å². The van der Waals surface area contributed by atoms with Crippen molar-refractivity contribution in [1.29, 1.82) is 0 Å². The van der Waals surface area contributed by atoms with Crippen LogP contribution in [-0.4, -0.2) is 21.5 Å². The number of hydrogen-bond donors (Lipinski definition) is 1. The molecule has 2 N–H and O–H groups in total. The maximum absolute atomic E-state index is 5.88. The third-order valence-electron chi connectivity index (χ3n) is 3.04. The normalized spacial score (nSPS) is 10.5. The van der Waals surface area contributed by atoms with Crippen molar-refractivity contribution in [2.24, 2.45) is 0 Å². The summed E-state index contributed by atoms with van der Waals surface area (Å²) in [7, 11) is 0. The molecule has 5 heteroatoms. The van der Waals surface area contributed by atoms with Crippen LogP contribution in [0.5, 0.6) is 0 Å². The molecule has 0 amide bonds. The van der Waals surface area contributed by atoms with E-state index in [9.17, 15) is 0 Å². The van der Waals surface area contributed by atoms with E-state index in [4.69, 9.17) is 5.73 Å². The summed E-state index contributed by atoms with van der Waals surface area (Å²) in [5.41, 5.74) is 6.90. The minimum absolute atomic E-state index is 0.526. The van der Waals surface area contributed by atoms with Gasteiger partial charge >= 0.3 is 0 Å². The fourth-order valence-electron chi connectivity index (χ4n) is 2.04. The van der Waals surface area contributed by atoms with Crippen molar-refractivity contribution < 1.29 is 0 Å². The Kier molecular flexibility index (Phi) is 4.87. The maximum Gasteiger partial charge on any atom is 0.134 e. The predicted octanol–water partition coefficient (Wildman–Crippen LogP) is 2.43. The van der Waals surface area contributed by atoms with Gasteiger partial charge in [-0.15, -0.1) is 0 Å². The number of pyridine rings is 1. The van der Waals surface area contributed by atoms with Crippen molar-refractivity contribution in [1.82, 2.24) is 15.0 Å². The zero-order valence-corrected chi connectivity index (χ0v) is 12.1. The number of aromatic nitrogens is 3. The van der Waals surface area contributed by atoms with Crippen LogP contribution in [0.1, 0.15) is 31.8 Å². The highest BCUT2D eigenvalue weighted by atomic mass is 15.2. The zero-order chi connectivity index (χ0) is 14.4. The summed E-state index contributed by atoms with van der Waals surface area (Å²) < 4.78 is 0. The molecule has 0 spiro atoms. The molecule has 2 rings (SSSR count). The van der Waals surface area contributed by atoms with E-state index in [1.54, 1.807) is 6.20 Å². The van der Waals surface area contributed by atoms with Gasteiger partial charge in [0.25, 0.3) is 0 Å². The maximum atomic E-state index is 5.88. The van der Waals surface area contributed by atoms with Crippen LogP contribution in [0.4, 0.5) is 11.6 Å². The van der Waals surface area contributed by atoms with Crippen molar-refractivity contribution in [3.05, 3.63) is 42.0 Å². The van der Waals surface area contributed by atoms with Gasteiger partial charge in [0.05, 0.1) is 12.2 Å². The largest absolute Gasteiger partial charge is 0.384 e. The molecule has 0 unspecified atom stereocenters. The Balaban J connectivity index is 2.22. The molecular weight excluding hydrogens is 250 g/mol. The summed E-state index contributed by atoms with van der Waals surface area (Å²) in [4.78, 5) is 15.4. The molecular formula is C15H21N5. The van der Waals surface area contributed by atoms with Gasteiger partial charge in [0.1, 0.15) is 17.5 Å². The lowest BCUT2D eigenvalue weighted by Gasteiger charge is -2.22. The second-order valence-electron chi connectivity index (χ2n) is 4.65. The standard InChI is InChI=1S/C15H21N5/c1-3-7-14-18-13(16)10-15(19-14)20(4-2)11-12-8-5-6-9-17-12/h5-6,8-10H,3-4,7,11H2,1-2H3,(H2,16,18,19). The van der Waals surface area contributed by atoms with Crippen molar-refractivity contribution in [3.8, 4) is 0 Å².